The Morgan fingerprint density at radius 1 is 1.73 bits per heavy atom. The molecular weight excluding hydrogens is 146 g/mol. The molecule has 0 aliphatic carbocycles. The number of likely N-dealkylation sites (N-methyl/N-ethyl adjacent to an activating group) is 1. The Bertz CT molecular complexity index is 181. The molecule has 0 amide bonds. The van der Waals surface area contributed by atoms with E-state index in [-0.39, 0.29) is 6.04 Å². The standard InChI is InChI=1S/C7H11NO3/c1-5-7(6(10)3-9)11-4-8(5)2/h3,5,7H,4H2,1-2H3. The molecule has 4 heteroatoms. The summed E-state index contributed by atoms with van der Waals surface area (Å²) in [5.41, 5.74) is 0. The van der Waals surface area contributed by atoms with Crippen molar-refractivity contribution in [2.45, 2.75) is 19.1 Å². The maximum absolute atomic E-state index is 10.9. The van der Waals surface area contributed by atoms with Crippen LogP contribution in [-0.4, -0.2) is 42.9 Å². The SMILES string of the molecule is CC1C(C(=O)C=O)OCN1C. The second kappa shape index (κ2) is 3.11. The van der Waals surface area contributed by atoms with Crippen LogP contribution in [0.2, 0.25) is 0 Å². The highest BCUT2D eigenvalue weighted by Crippen LogP contribution is 2.14. The first-order valence-corrected chi connectivity index (χ1v) is 3.47. The van der Waals surface area contributed by atoms with Crippen molar-refractivity contribution in [3.8, 4) is 0 Å². The van der Waals surface area contributed by atoms with Crippen molar-refractivity contribution in [3.05, 3.63) is 0 Å². The van der Waals surface area contributed by atoms with Gasteiger partial charge in [-0.25, -0.2) is 0 Å². The van der Waals surface area contributed by atoms with Crippen LogP contribution in [0.1, 0.15) is 6.92 Å². The Morgan fingerprint density at radius 2 is 2.36 bits per heavy atom. The summed E-state index contributed by atoms with van der Waals surface area (Å²) in [5, 5.41) is 0. The lowest BCUT2D eigenvalue weighted by Gasteiger charge is -2.14. The minimum atomic E-state index is -0.558. The third-order valence-electron chi connectivity index (χ3n) is 1.99. The lowest BCUT2D eigenvalue weighted by atomic mass is 10.1. The quantitative estimate of drug-likeness (QED) is 0.398. The number of hydrogen-bond acceptors (Lipinski definition) is 4. The zero-order chi connectivity index (χ0) is 8.43. The molecule has 1 aliphatic heterocycles. The first kappa shape index (κ1) is 8.36. The normalized spacial score (nSPS) is 32.2. The maximum Gasteiger partial charge on any atom is 0.225 e. The van der Waals surface area contributed by atoms with Crippen LogP contribution in [0.3, 0.4) is 0 Å². The van der Waals surface area contributed by atoms with E-state index < -0.39 is 11.9 Å². The highest BCUT2D eigenvalue weighted by molar-refractivity contribution is 6.27. The number of ketones is 1. The predicted octanol–water partition coefficient (Wildman–Crippen LogP) is -0.569. The van der Waals surface area contributed by atoms with Crippen LogP contribution in [0, 0.1) is 0 Å². The van der Waals surface area contributed by atoms with Crippen LogP contribution in [0.5, 0.6) is 0 Å². The molecule has 62 valence electrons. The molecule has 1 rings (SSSR count). The van der Waals surface area contributed by atoms with Gasteiger partial charge < -0.3 is 4.74 Å². The molecule has 11 heavy (non-hydrogen) atoms. The number of aldehydes is 1. The Balaban J connectivity index is 2.61. The molecule has 1 aliphatic rings. The number of carbonyl (C=O) groups is 2. The van der Waals surface area contributed by atoms with Crippen LogP contribution in [0.4, 0.5) is 0 Å². The fraction of sp³-hybridized carbons (Fsp3) is 0.714. The molecule has 0 radical (unpaired) electrons. The zero-order valence-corrected chi connectivity index (χ0v) is 6.61. The van der Waals surface area contributed by atoms with Gasteiger partial charge >= 0.3 is 0 Å². The van der Waals surface area contributed by atoms with E-state index in [0.717, 1.165) is 0 Å². The molecule has 0 aromatic carbocycles. The van der Waals surface area contributed by atoms with Crippen molar-refractivity contribution in [2.24, 2.45) is 0 Å². The van der Waals surface area contributed by atoms with Gasteiger partial charge in [-0.15, -0.1) is 0 Å². The van der Waals surface area contributed by atoms with Crippen molar-refractivity contribution in [1.29, 1.82) is 0 Å². The van der Waals surface area contributed by atoms with Gasteiger partial charge in [0.05, 0.1) is 0 Å². The molecule has 1 fully saturated rings. The Morgan fingerprint density at radius 3 is 2.73 bits per heavy atom. The molecule has 0 bridgehead atoms. The summed E-state index contributed by atoms with van der Waals surface area (Å²) in [4.78, 5) is 22.8. The molecule has 0 N–H and O–H groups in total. The van der Waals surface area contributed by atoms with E-state index in [2.05, 4.69) is 0 Å². The van der Waals surface area contributed by atoms with E-state index in [1.54, 1.807) is 0 Å². The first-order chi connectivity index (χ1) is 5.16. The van der Waals surface area contributed by atoms with Gasteiger partial charge in [0.25, 0.3) is 0 Å². The van der Waals surface area contributed by atoms with Gasteiger partial charge in [0.1, 0.15) is 12.8 Å². The fourth-order valence-corrected chi connectivity index (χ4v) is 1.07. The van der Waals surface area contributed by atoms with Crippen LogP contribution in [-0.2, 0) is 14.3 Å². The van der Waals surface area contributed by atoms with Gasteiger partial charge in [0.15, 0.2) is 6.29 Å². The molecule has 0 spiro atoms. The molecule has 0 aromatic heterocycles. The molecule has 2 unspecified atom stereocenters. The van der Waals surface area contributed by atoms with E-state index in [4.69, 9.17) is 4.74 Å². The molecule has 0 saturated carbocycles. The average Bonchev–Trinajstić information content (AvgIpc) is 2.32. The summed E-state index contributed by atoms with van der Waals surface area (Å²) in [5.74, 6) is -0.471. The number of nitrogens with zero attached hydrogens (tertiary/aromatic N) is 1. The van der Waals surface area contributed by atoms with Crippen molar-refractivity contribution < 1.29 is 14.3 Å². The van der Waals surface area contributed by atoms with Gasteiger partial charge in [-0.2, -0.15) is 0 Å². The second-order valence-corrected chi connectivity index (χ2v) is 2.73. The Hall–Kier alpha value is -0.740. The zero-order valence-electron chi connectivity index (χ0n) is 6.61. The monoisotopic (exact) mass is 157 g/mol. The maximum atomic E-state index is 10.9. The number of ether oxygens (including phenoxy) is 1. The topological polar surface area (TPSA) is 46.6 Å². The molecule has 4 nitrogen and oxygen atoms in total. The van der Waals surface area contributed by atoms with E-state index in [1.807, 2.05) is 18.9 Å². The van der Waals surface area contributed by atoms with Crippen molar-refractivity contribution >= 4 is 12.1 Å². The van der Waals surface area contributed by atoms with Gasteiger partial charge in [0.2, 0.25) is 5.78 Å². The molecule has 1 saturated heterocycles. The lowest BCUT2D eigenvalue weighted by molar-refractivity contribution is -0.136. The predicted molar refractivity (Wildman–Crippen MR) is 38.0 cm³/mol. The van der Waals surface area contributed by atoms with Crippen LogP contribution in [0.25, 0.3) is 0 Å². The van der Waals surface area contributed by atoms with Gasteiger partial charge in [-0.3, -0.25) is 14.5 Å². The number of carbonyl (C=O) groups excluding carboxylic acids is 2. The van der Waals surface area contributed by atoms with Crippen molar-refractivity contribution in [2.75, 3.05) is 13.8 Å². The van der Waals surface area contributed by atoms with E-state index >= 15 is 0 Å². The molecular formula is C7H11NO3. The largest absolute Gasteiger partial charge is 0.353 e. The Kier molecular flexibility index (Phi) is 2.36. The third kappa shape index (κ3) is 1.46. The van der Waals surface area contributed by atoms with Crippen molar-refractivity contribution in [3.63, 3.8) is 0 Å². The van der Waals surface area contributed by atoms with E-state index in [0.29, 0.717) is 13.0 Å². The average molecular weight is 157 g/mol. The lowest BCUT2D eigenvalue weighted by Crippen LogP contribution is -2.35. The minimum absolute atomic E-state index is 0.00713. The third-order valence-corrected chi connectivity index (χ3v) is 1.99. The van der Waals surface area contributed by atoms with E-state index in [9.17, 15) is 9.59 Å². The van der Waals surface area contributed by atoms with Crippen LogP contribution in [0.15, 0.2) is 0 Å². The summed E-state index contributed by atoms with van der Waals surface area (Å²) < 4.78 is 5.08. The smallest absolute Gasteiger partial charge is 0.225 e. The first-order valence-electron chi connectivity index (χ1n) is 3.47. The fourth-order valence-electron chi connectivity index (χ4n) is 1.07. The number of rotatable bonds is 2. The van der Waals surface area contributed by atoms with Gasteiger partial charge in [-0.05, 0) is 14.0 Å². The highest BCUT2D eigenvalue weighted by atomic mass is 16.5. The highest BCUT2D eigenvalue weighted by Gasteiger charge is 2.33. The van der Waals surface area contributed by atoms with Crippen LogP contribution >= 0.6 is 0 Å². The second-order valence-electron chi connectivity index (χ2n) is 2.73. The van der Waals surface area contributed by atoms with Gasteiger partial charge in [0, 0.05) is 6.04 Å². The molecule has 0 aromatic rings. The number of Topliss-reactive ketones (excluding diaryl/α,β-unsaturated/α-hetero) is 1. The Labute approximate surface area is 65.1 Å². The summed E-state index contributed by atoms with van der Waals surface area (Å²) >= 11 is 0. The summed E-state index contributed by atoms with van der Waals surface area (Å²) in [6, 6.07) is 0.00713. The minimum Gasteiger partial charge on any atom is -0.353 e. The summed E-state index contributed by atoms with van der Waals surface area (Å²) in [6.07, 6.45) is -0.238. The molecule has 2 atom stereocenters. The van der Waals surface area contributed by atoms with Crippen molar-refractivity contribution in [1.82, 2.24) is 4.90 Å². The summed E-state index contributed by atoms with van der Waals surface area (Å²) in [6.45, 7) is 2.28. The van der Waals surface area contributed by atoms with E-state index in [1.165, 1.54) is 0 Å². The van der Waals surface area contributed by atoms with Gasteiger partial charge in [-0.1, -0.05) is 0 Å². The van der Waals surface area contributed by atoms with Crippen LogP contribution < -0.4 is 0 Å². The number of hydrogen-bond donors (Lipinski definition) is 0. The summed E-state index contributed by atoms with van der Waals surface area (Å²) in [7, 11) is 1.85. The molecule has 1 heterocycles.